The number of hydrogen-bond donors (Lipinski definition) is 3. The zero-order valence-corrected chi connectivity index (χ0v) is 11.8. The SMILES string of the molecule is C[C@@H](O)CNC(=O)NCc1ccc(N2CCCC2)nc1. The average molecular weight is 278 g/mol. The van der Waals surface area contributed by atoms with Gasteiger partial charge >= 0.3 is 6.03 Å². The summed E-state index contributed by atoms with van der Waals surface area (Å²) in [6.07, 6.45) is 3.72. The quantitative estimate of drug-likeness (QED) is 0.746. The molecule has 1 aromatic rings. The highest BCUT2D eigenvalue weighted by Gasteiger charge is 2.12. The van der Waals surface area contributed by atoms with Crippen molar-refractivity contribution in [2.45, 2.75) is 32.4 Å². The number of nitrogens with zero attached hydrogens (tertiary/aromatic N) is 2. The zero-order valence-electron chi connectivity index (χ0n) is 11.8. The first-order valence-electron chi connectivity index (χ1n) is 7.05. The summed E-state index contributed by atoms with van der Waals surface area (Å²) < 4.78 is 0. The van der Waals surface area contributed by atoms with E-state index in [-0.39, 0.29) is 12.6 Å². The van der Waals surface area contributed by atoms with Crippen molar-refractivity contribution in [1.29, 1.82) is 0 Å². The maximum Gasteiger partial charge on any atom is 0.315 e. The highest BCUT2D eigenvalue weighted by atomic mass is 16.3. The highest BCUT2D eigenvalue weighted by molar-refractivity contribution is 5.73. The lowest BCUT2D eigenvalue weighted by molar-refractivity contribution is 0.187. The van der Waals surface area contributed by atoms with Crippen molar-refractivity contribution in [2.75, 3.05) is 24.5 Å². The Morgan fingerprint density at radius 3 is 2.75 bits per heavy atom. The van der Waals surface area contributed by atoms with Crippen LogP contribution < -0.4 is 15.5 Å². The number of anilines is 1. The summed E-state index contributed by atoms with van der Waals surface area (Å²) in [6, 6.07) is 3.69. The predicted molar refractivity (Wildman–Crippen MR) is 77.6 cm³/mol. The standard InChI is InChI=1S/C14H22N4O2/c1-11(19)8-16-14(20)17-10-12-4-5-13(15-9-12)18-6-2-3-7-18/h4-5,9,11,19H,2-3,6-8,10H2,1H3,(H2,16,17,20)/t11-/m1/s1. The molecular formula is C14H22N4O2. The van der Waals surface area contributed by atoms with Crippen LogP contribution in [0, 0.1) is 0 Å². The molecule has 2 heterocycles. The third-order valence-corrected chi connectivity index (χ3v) is 3.25. The Bertz CT molecular complexity index is 427. The number of carbonyl (C=O) groups is 1. The second-order valence-electron chi connectivity index (χ2n) is 5.13. The fourth-order valence-electron chi connectivity index (χ4n) is 2.14. The van der Waals surface area contributed by atoms with Gasteiger partial charge in [0.05, 0.1) is 6.10 Å². The summed E-state index contributed by atoms with van der Waals surface area (Å²) >= 11 is 0. The molecule has 20 heavy (non-hydrogen) atoms. The molecule has 6 nitrogen and oxygen atoms in total. The summed E-state index contributed by atoms with van der Waals surface area (Å²) in [5.74, 6) is 1.00. The third kappa shape index (κ3) is 4.38. The van der Waals surface area contributed by atoms with Crippen molar-refractivity contribution in [2.24, 2.45) is 0 Å². The molecule has 6 heteroatoms. The zero-order chi connectivity index (χ0) is 14.4. The number of pyridine rings is 1. The Morgan fingerprint density at radius 1 is 1.40 bits per heavy atom. The Labute approximate surface area is 119 Å². The van der Waals surface area contributed by atoms with E-state index in [9.17, 15) is 4.79 Å². The molecule has 1 fully saturated rings. The summed E-state index contributed by atoms with van der Waals surface area (Å²) in [6.45, 7) is 4.46. The van der Waals surface area contributed by atoms with Crippen LogP contribution in [0.25, 0.3) is 0 Å². The van der Waals surface area contributed by atoms with Gasteiger partial charge < -0.3 is 20.6 Å². The van der Waals surface area contributed by atoms with Crippen molar-refractivity contribution in [3.8, 4) is 0 Å². The molecular weight excluding hydrogens is 256 g/mol. The average Bonchev–Trinajstić information content (AvgIpc) is 2.97. The van der Waals surface area contributed by atoms with Gasteiger partial charge in [0.1, 0.15) is 5.82 Å². The van der Waals surface area contributed by atoms with Gasteiger partial charge in [-0.25, -0.2) is 9.78 Å². The molecule has 0 aromatic carbocycles. The Balaban J connectivity index is 1.77. The van der Waals surface area contributed by atoms with E-state index in [1.165, 1.54) is 12.8 Å². The Morgan fingerprint density at radius 2 is 2.15 bits per heavy atom. The second kappa shape index (κ2) is 7.09. The molecule has 1 atom stereocenters. The van der Waals surface area contributed by atoms with Gasteiger partial charge in [-0.05, 0) is 31.4 Å². The number of amides is 2. The van der Waals surface area contributed by atoms with Crippen LogP contribution in [0.3, 0.4) is 0 Å². The van der Waals surface area contributed by atoms with E-state index in [1.54, 1.807) is 13.1 Å². The van der Waals surface area contributed by atoms with Crippen LogP contribution in [0.1, 0.15) is 25.3 Å². The van der Waals surface area contributed by atoms with E-state index in [0.717, 1.165) is 24.5 Å². The van der Waals surface area contributed by atoms with Crippen LogP contribution >= 0.6 is 0 Å². The lowest BCUT2D eigenvalue weighted by Crippen LogP contribution is -2.38. The van der Waals surface area contributed by atoms with Crippen molar-refractivity contribution >= 4 is 11.8 Å². The minimum absolute atomic E-state index is 0.248. The van der Waals surface area contributed by atoms with E-state index >= 15 is 0 Å². The van der Waals surface area contributed by atoms with Gasteiger partial charge in [-0.2, -0.15) is 0 Å². The van der Waals surface area contributed by atoms with Crippen LogP contribution in [0.5, 0.6) is 0 Å². The van der Waals surface area contributed by atoms with Gasteiger partial charge in [-0.15, -0.1) is 0 Å². The first-order valence-corrected chi connectivity index (χ1v) is 7.05. The van der Waals surface area contributed by atoms with E-state index in [0.29, 0.717) is 6.54 Å². The largest absolute Gasteiger partial charge is 0.392 e. The van der Waals surface area contributed by atoms with E-state index in [2.05, 4.69) is 20.5 Å². The summed E-state index contributed by atoms with van der Waals surface area (Å²) in [4.78, 5) is 18.1. The molecule has 1 aliphatic heterocycles. The maximum atomic E-state index is 11.4. The fraction of sp³-hybridized carbons (Fsp3) is 0.571. The number of carbonyl (C=O) groups excluding carboxylic acids is 1. The first kappa shape index (κ1) is 14.6. The molecule has 0 unspecified atom stereocenters. The Kier molecular flexibility index (Phi) is 5.17. The minimum Gasteiger partial charge on any atom is -0.392 e. The molecule has 1 saturated heterocycles. The first-order chi connectivity index (χ1) is 9.65. The molecule has 1 aliphatic rings. The molecule has 0 spiro atoms. The second-order valence-corrected chi connectivity index (χ2v) is 5.13. The van der Waals surface area contributed by atoms with Gasteiger partial charge in [0.2, 0.25) is 0 Å². The summed E-state index contributed by atoms with van der Waals surface area (Å²) in [7, 11) is 0. The van der Waals surface area contributed by atoms with Gasteiger partial charge in [0.15, 0.2) is 0 Å². The minimum atomic E-state index is -0.540. The fourth-order valence-corrected chi connectivity index (χ4v) is 2.14. The normalized spacial score (nSPS) is 16.0. The van der Waals surface area contributed by atoms with Gasteiger partial charge in [0.25, 0.3) is 0 Å². The van der Waals surface area contributed by atoms with Crippen molar-refractivity contribution < 1.29 is 9.90 Å². The van der Waals surface area contributed by atoms with Gasteiger partial charge in [-0.1, -0.05) is 6.07 Å². The van der Waals surface area contributed by atoms with Gasteiger partial charge in [0, 0.05) is 32.4 Å². The van der Waals surface area contributed by atoms with E-state index in [1.807, 2.05) is 12.1 Å². The molecule has 0 radical (unpaired) electrons. The van der Waals surface area contributed by atoms with Crippen molar-refractivity contribution in [3.05, 3.63) is 23.9 Å². The number of aliphatic hydroxyl groups excluding tert-OH is 1. The maximum absolute atomic E-state index is 11.4. The predicted octanol–water partition coefficient (Wildman–Crippen LogP) is 0.862. The lowest BCUT2D eigenvalue weighted by Gasteiger charge is -2.16. The molecule has 0 bridgehead atoms. The summed E-state index contributed by atoms with van der Waals surface area (Å²) in [5, 5.41) is 14.4. The number of nitrogens with one attached hydrogen (secondary N) is 2. The number of rotatable bonds is 5. The van der Waals surface area contributed by atoms with E-state index < -0.39 is 6.10 Å². The number of urea groups is 1. The van der Waals surface area contributed by atoms with Crippen molar-refractivity contribution in [3.63, 3.8) is 0 Å². The van der Waals surface area contributed by atoms with Crippen LogP contribution in [0.15, 0.2) is 18.3 Å². The molecule has 1 aromatic heterocycles. The number of aliphatic hydroxyl groups is 1. The van der Waals surface area contributed by atoms with Crippen LogP contribution in [-0.4, -0.2) is 41.9 Å². The van der Waals surface area contributed by atoms with Gasteiger partial charge in [-0.3, -0.25) is 0 Å². The van der Waals surface area contributed by atoms with Crippen LogP contribution in [0.4, 0.5) is 10.6 Å². The lowest BCUT2D eigenvalue weighted by atomic mass is 10.3. The topological polar surface area (TPSA) is 77.5 Å². The summed E-state index contributed by atoms with van der Waals surface area (Å²) in [5.41, 5.74) is 0.958. The van der Waals surface area contributed by atoms with Crippen LogP contribution in [-0.2, 0) is 6.54 Å². The molecule has 3 N–H and O–H groups in total. The third-order valence-electron chi connectivity index (χ3n) is 3.25. The molecule has 2 rings (SSSR count). The van der Waals surface area contributed by atoms with E-state index in [4.69, 9.17) is 5.11 Å². The monoisotopic (exact) mass is 278 g/mol. The molecule has 110 valence electrons. The smallest absolute Gasteiger partial charge is 0.315 e. The number of aromatic nitrogens is 1. The molecule has 0 aliphatic carbocycles. The van der Waals surface area contributed by atoms with Crippen LogP contribution in [0.2, 0.25) is 0 Å². The van der Waals surface area contributed by atoms with Crippen molar-refractivity contribution in [1.82, 2.24) is 15.6 Å². The number of hydrogen-bond acceptors (Lipinski definition) is 4. The molecule has 0 saturated carbocycles. The molecule has 2 amide bonds. The highest BCUT2D eigenvalue weighted by Crippen LogP contribution is 2.17. The Hall–Kier alpha value is -1.82.